The van der Waals surface area contributed by atoms with Crippen LogP contribution in [0.5, 0.6) is 0 Å². The molecule has 0 radical (unpaired) electrons. The third kappa shape index (κ3) is 5.30. The minimum atomic E-state index is -3.66. The average molecular weight is 371 g/mol. The number of sulfonamides is 1. The molecule has 120 valence electrons. The first kappa shape index (κ1) is 19.1. The van der Waals surface area contributed by atoms with Gasteiger partial charge in [-0.15, -0.1) is 0 Å². The number of benzene rings is 1. The second-order valence-corrected chi connectivity index (χ2v) is 7.99. The van der Waals surface area contributed by atoms with Crippen molar-refractivity contribution in [2.45, 2.75) is 30.8 Å². The highest BCUT2D eigenvalue weighted by Crippen LogP contribution is 2.29. The molecule has 0 aromatic heterocycles. The molecule has 8 heteroatoms. The van der Waals surface area contributed by atoms with E-state index in [1.54, 1.807) is 18.8 Å². The topological polar surface area (TPSA) is 58.2 Å². The second kappa shape index (κ2) is 8.60. The van der Waals surface area contributed by atoms with E-state index in [2.05, 4.69) is 10.0 Å². The molecule has 0 saturated heterocycles. The molecule has 0 spiro atoms. The van der Waals surface area contributed by atoms with Gasteiger partial charge in [-0.2, -0.15) is 11.8 Å². The predicted octanol–water partition coefficient (Wildman–Crippen LogP) is 3.13. The zero-order chi connectivity index (χ0) is 16.0. The van der Waals surface area contributed by atoms with Crippen molar-refractivity contribution in [3.63, 3.8) is 0 Å². The van der Waals surface area contributed by atoms with Crippen molar-refractivity contribution < 1.29 is 8.42 Å². The summed E-state index contributed by atoms with van der Waals surface area (Å²) in [6, 6.07) is 2.87. The van der Waals surface area contributed by atoms with E-state index in [9.17, 15) is 8.42 Å². The third-order valence-corrected chi connectivity index (χ3v) is 6.01. The monoisotopic (exact) mass is 370 g/mol. The van der Waals surface area contributed by atoms with Crippen LogP contribution in [0.25, 0.3) is 0 Å². The number of rotatable bonds is 8. The molecule has 0 saturated carbocycles. The Hall–Kier alpha value is 0.0200. The Balaban J connectivity index is 3.15. The molecule has 1 unspecified atom stereocenters. The van der Waals surface area contributed by atoms with Crippen LogP contribution < -0.4 is 10.0 Å². The van der Waals surface area contributed by atoms with E-state index in [4.69, 9.17) is 23.2 Å². The van der Waals surface area contributed by atoms with E-state index >= 15 is 0 Å². The largest absolute Gasteiger partial charge is 0.316 e. The molecule has 2 N–H and O–H groups in total. The lowest BCUT2D eigenvalue weighted by molar-refractivity contribution is 0.558. The molecule has 1 atom stereocenters. The number of halogens is 2. The molecule has 0 aliphatic rings. The Morgan fingerprint density at radius 2 is 1.95 bits per heavy atom. The predicted molar refractivity (Wildman–Crippen MR) is 92.0 cm³/mol. The lowest BCUT2D eigenvalue weighted by Crippen LogP contribution is -2.36. The zero-order valence-electron chi connectivity index (χ0n) is 12.2. The molecule has 1 aromatic rings. The number of thioether (sulfide) groups is 1. The molecule has 0 fully saturated rings. The highest BCUT2D eigenvalue weighted by atomic mass is 35.5. The highest BCUT2D eigenvalue weighted by molar-refractivity contribution is 7.98. The van der Waals surface area contributed by atoms with E-state index < -0.39 is 10.0 Å². The smallest absolute Gasteiger partial charge is 0.242 e. The standard InChI is InChI=1S/C13H20Cl2N2O2S2/c1-4-10(8-20-3)17-21(18,19)13-5-9(7-16-2)11(14)6-12(13)15/h5-6,10,16-17H,4,7-8H2,1-3H3. The van der Waals surface area contributed by atoms with Gasteiger partial charge >= 0.3 is 0 Å². The van der Waals surface area contributed by atoms with Crippen molar-refractivity contribution >= 4 is 45.0 Å². The first-order valence-corrected chi connectivity index (χ1v) is 10.1. The van der Waals surface area contributed by atoms with Crippen LogP contribution in [-0.2, 0) is 16.6 Å². The molecule has 21 heavy (non-hydrogen) atoms. The van der Waals surface area contributed by atoms with E-state index in [0.717, 1.165) is 0 Å². The molecule has 0 bridgehead atoms. The lowest BCUT2D eigenvalue weighted by atomic mass is 10.2. The summed E-state index contributed by atoms with van der Waals surface area (Å²) in [5, 5.41) is 3.53. The molecule has 0 heterocycles. The van der Waals surface area contributed by atoms with E-state index in [-0.39, 0.29) is 16.0 Å². The van der Waals surface area contributed by atoms with Crippen LogP contribution in [0, 0.1) is 0 Å². The maximum atomic E-state index is 12.5. The summed E-state index contributed by atoms with van der Waals surface area (Å²) in [4.78, 5) is 0.0679. The molecule has 4 nitrogen and oxygen atoms in total. The molecule has 0 amide bonds. The number of nitrogens with one attached hydrogen (secondary N) is 2. The summed E-state index contributed by atoms with van der Waals surface area (Å²) in [5.74, 6) is 0.713. The maximum absolute atomic E-state index is 12.5. The molecule has 0 aliphatic carbocycles. The van der Waals surface area contributed by atoms with Gasteiger partial charge in [-0.05, 0) is 37.4 Å². The van der Waals surface area contributed by atoms with Gasteiger partial charge in [0.15, 0.2) is 0 Å². The minimum Gasteiger partial charge on any atom is -0.316 e. The van der Waals surface area contributed by atoms with E-state index in [1.165, 1.54) is 12.1 Å². The number of hydrogen-bond donors (Lipinski definition) is 2. The Morgan fingerprint density at radius 1 is 1.29 bits per heavy atom. The summed E-state index contributed by atoms with van der Waals surface area (Å²) in [6.45, 7) is 2.42. The van der Waals surface area contributed by atoms with Gasteiger partial charge in [0.1, 0.15) is 4.90 Å². The molecule has 1 aromatic carbocycles. The molecular weight excluding hydrogens is 351 g/mol. The Morgan fingerprint density at radius 3 is 2.48 bits per heavy atom. The summed E-state index contributed by atoms with van der Waals surface area (Å²) in [6.07, 6.45) is 2.66. The van der Waals surface area contributed by atoms with Crippen LogP contribution in [0.1, 0.15) is 18.9 Å². The van der Waals surface area contributed by atoms with E-state index in [0.29, 0.717) is 29.3 Å². The SMILES string of the molecule is CCC(CSC)NS(=O)(=O)c1cc(CNC)c(Cl)cc1Cl. The van der Waals surface area contributed by atoms with Crippen molar-refractivity contribution in [3.8, 4) is 0 Å². The Kier molecular flexibility index (Phi) is 7.81. The molecular formula is C13H20Cl2N2O2S2. The fourth-order valence-electron chi connectivity index (χ4n) is 1.82. The fraction of sp³-hybridized carbons (Fsp3) is 0.538. The summed E-state index contributed by atoms with van der Waals surface area (Å²) in [7, 11) is -1.90. The van der Waals surface area contributed by atoms with Crippen molar-refractivity contribution in [2.75, 3.05) is 19.1 Å². The Labute approximate surface area is 141 Å². The second-order valence-electron chi connectivity index (χ2n) is 4.59. The van der Waals surface area contributed by atoms with Gasteiger partial charge in [-0.1, -0.05) is 30.1 Å². The zero-order valence-corrected chi connectivity index (χ0v) is 15.4. The third-order valence-electron chi connectivity index (χ3n) is 2.94. The van der Waals surface area contributed by atoms with Crippen LogP contribution in [0.4, 0.5) is 0 Å². The van der Waals surface area contributed by atoms with Crippen LogP contribution in [0.2, 0.25) is 10.0 Å². The molecule has 0 aliphatic heterocycles. The van der Waals surface area contributed by atoms with Crippen molar-refractivity contribution in [3.05, 3.63) is 27.7 Å². The first-order chi connectivity index (χ1) is 9.85. The lowest BCUT2D eigenvalue weighted by Gasteiger charge is -2.17. The van der Waals surface area contributed by atoms with Gasteiger partial charge in [0.25, 0.3) is 0 Å². The van der Waals surface area contributed by atoms with Crippen LogP contribution in [-0.4, -0.2) is 33.5 Å². The minimum absolute atomic E-state index is 0.0679. The summed E-state index contributed by atoms with van der Waals surface area (Å²) in [5.41, 5.74) is 0.696. The van der Waals surface area contributed by atoms with Crippen LogP contribution >= 0.6 is 35.0 Å². The van der Waals surface area contributed by atoms with E-state index in [1.807, 2.05) is 13.2 Å². The van der Waals surface area contributed by atoms with Gasteiger partial charge in [0, 0.05) is 23.4 Å². The fourth-order valence-corrected chi connectivity index (χ4v) is 4.83. The quantitative estimate of drug-likeness (QED) is 0.737. The van der Waals surface area contributed by atoms with Gasteiger partial charge in [0.05, 0.1) is 5.02 Å². The van der Waals surface area contributed by atoms with Crippen LogP contribution in [0.3, 0.4) is 0 Å². The summed E-state index contributed by atoms with van der Waals surface area (Å²) < 4.78 is 27.7. The van der Waals surface area contributed by atoms with Crippen molar-refractivity contribution in [2.24, 2.45) is 0 Å². The van der Waals surface area contributed by atoms with Gasteiger partial charge in [-0.25, -0.2) is 13.1 Å². The Bertz CT molecular complexity index is 580. The van der Waals surface area contributed by atoms with Crippen molar-refractivity contribution in [1.29, 1.82) is 0 Å². The molecule has 1 rings (SSSR count). The highest BCUT2D eigenvalue weighted by Gasteiger charge is 2.23. The summed E-state index contributed by atoms with van der Waals surface area (Å²) >= 11 is 13.7. The van der Waals surface area contributed by atoms with Gasteiger partial charge < -0.3 is 5.32 Å². The van der Waals surface area contributed by atoms with Crippen LogP contribution in [0.15, 0.2) is 17.0 Å². The normalized spacial score (nSPS) is 13.4. The average Bonchev–Trinajstić information content (AvgIpc) is 2.41. The number of hydrogen-bond acceptors (Lipinski definition) is 4. The first-order valence-electron chi connectivity index (χ1n) is 6.49. The van der Waals surface area contributed by atoms with Gasteiger partial charge in [-0.3, -0.25) is 0 Å². The maximum Gasteiger partial charge on any atom is 0.242 e. The van der Waals surface area contributed by atoms with Crippen molar-refractivity contribution in [1.82, 2.24) is 10.0 Å². The van der Waals surface area contributed by atoms with Gasteiger partial charge in [0.2, 0.25) is 10.0 Å².